The van der Waals surface area contributed by atoms with Crippen LogP contribution in [0.4, 0.5) is 0 Å². The zero-order valence-corrected chi connectivity index (χ0v) is 19.6. The Kier molecular flexibility index (Phi) is 5.96. The van der Waals surface area contributed by atoms with Crippen molar-refractivity contribution in [1.29, 1.82) is 0 Å². The van der Waals surface area contributed by atoms with E-state index in [9.17, 15) is 0 Å². The van der Waals surface area contributed by atoms with Gasteiger partial charge in [-0.1, -0.05) is 95.1 Å². The molecule has 156 valence electrons. The second-order valence-corrected chi connectivity index (χ2v) is 11.0. The van der Waals surface area contributed by atoms with E-state index in [0.717, 1.165) is 21.9 Å². The van der Waals surface area contributed by atoms with Crippen molar-refractivity contribution in [1.82, 2.24) is 0 Å². The lowest BCUT2D eigenvalue weighted by atomic mass is 10.2. The molecule has 31 heavy (non-hydrogen) atoms. The largest absolute Gasteiger partial charge is 0.531 e. The molecule has 0 saturated carbocycles. The van der Waals surface area contributed by atoms with Crippen LogP contribution in [0.3, 0.4) is 0 Å². The molecule has 0 aromatic heterocycles. The Morgan fingerprint density at radius 3 is 0.935 bits per heavy atom. The first-order valence-electron chi connectivity index (χ1n) is 10.6. The van der Waals surface area contributed by atoms with Gasteiger partial charge >= 0.3 is 8.56 Å². The average molecular weight is 425 g/mol. The summed E-state index contributed by atoms with van der Waals surface area (Å²) in [6.07, 6.45) is 0. The molecule has 0 aliphatic carbocycles. The van der Waals surface area contributed by atoms with Gasteiger partial charge in [-0.25, -0.2) is 0 Å². The molecule has 4 aromatic rings. The highest BCUT2D eigenvalue weighted by Crippen LogP contribution is 2.22. The topological polar surface area (TPSA) is 18.5 Å². The lowest BCUT2D eigenvalue weighted by Crippen LogP contribution is -2.68. The van der Waals surface area contributed by atoms with E-state index in [1.807, 2.05) is 24.3 Å². The summed E-state index contributed by atoms with van der Waals surface area (Å²) < 4.78 is 13.7. The SMILES string of the molecule is Cc1ccc(O[Si](Oc2ccc(C)cc2)(c2ccc(C)cc2)c2ccc(C)cc2)cc1. The van der Waals surface area contributed by atoms with Crippen LogP contribution in [-0.2, 0) is 0 Å². The fourth-order valence-electron chi connectivity index (χ4n) is 3.51. The minimum atomic E-state index is -3.11. The average Bonchev–Trinajstić information content (AvgIpc) is 2.77. The fourth-order valence-corrected chi connectivity index (χ4v) is 6.51. The molecule has 0 aliphatic heterocycles. The summed E-state index contributed by atoms with van der Waals surface area (Å²) in [7, 11) is -3.11. The Morgan fingerprint density at radius 2 is 0.645 bits per heavy atom. The highest BCUT2D eigenvalue weighted by molar-refractivity contribution is 6.93. The first kappa shape index (κ1) is 20.9. The maximum atomic E-state index is 6.86. The summed E-state index contributed by atoms with van der Waals surface area (Å²) >= 11 is 0. The van der Waals surface area contributed by atoms with Crippen LogP contribution < -0.4 is 19.2 Å². The van der Waals surface area contributed by atoms with Gasteiger partial charge in [0.1, 0.15) is 11.5 Å². The van der Waals surface area contributed by atoms with Crippen LogP contribution in [-0.4, -0.2) is 8.56 Å². The Bertz CT molecular complexity index is 1030. The van der Waals surface area contributed by atoms with Crippen molar-refractivity contribution in [3.63, 3.8) is 0 Å². The normalized spacial score (nSPS) is 11.2. The van der Waals surface area contributed by atoms with Gasteiger partial charge in [-0.05, 0) is 52.0 Å². The van der Waals surface area contributed by atoms with Gasteiger partial charge in [0.15, 0.2) is 0 Å². The van der Waals surface area contributed by atoms with Gasteiger partial charge in [0, 0.05) is 10.4 Å². The van der Waals surface area contributed by atoms with Gasteiger partial charge in [0.05, 0.1) is 0 Å². The Labute approximate surface area is 186 Å². The first-order valence-corrected chi connectivity index (χ1v) is 12.4. The third-order valence-electron chi connectivity index (χ3n) is 5.43. The maximum absolute atomic E-state index is 6.86. The molecule has 4 aromatic carbocycles. The van der Waals surface area contributed by atoms with Crippen LogP contribution in [0.15, 0.2) is 97.1 Å². The molecule has 0 spiro atoms. The summed E-state index contributed by atoms with van der Waals surface area (Å²) in [5.41, 5.74) is 4.82. The van der Waals surface area contributed by atoms with Crippen molar-refractivity contribution < 1.29 is 8.85 Å². The van der Waals surface area contributed by atoms with E-state index in [1.165, 1.54) is 22.3 Å². The summed E-state index contributed by atoms with van der Waals surface area (Å²) in [6.45, 7) is 8.36. The first-order chi connectivity index (χ1) is 14.9. The van der Waals surface area contributed by atoms with E-state index in [0.29, 0.717) is 0 Å². The second kappa shape index (κ2) is 8.82. The van der Waals surface area contributed by atoms with Crippen LogP contribution in [0.25, 0.3) is 0 Å². The molecule has 0 amide bonds. The lowest BCUT2D eigenvalue weighted by molar-refractivity contribution is 0.417. The molecule has 0 unspecified atom stereocenters. The van der Waals surface area contributed by atoms with Crippen molar-refractivity contribution >= 4 is 18.9 Å². The van der Waals surface area contributed by atoms with Gasteiger partial charge in [0.25, 0.3) is 0 Å². The molecule has 0 fully saturated rings. The molecule has 0 radical (unpaired) electrons. The lowest BCUT2D eigenvalue weighted by Gasteiger charge is -2.32. The molecule has 4 rings (SSSR count). The van der Waals surface area contributed by atoms with Crippen LogP contribution in [0.2, 0.25) is 0 Å². The Hall–Kier alpha value is -3.30. The molecule has 0 atom stereocenters. The monoisotopic (exact) mass is 424 g/mol. The smallest absolute Gasteiger partial charge is 0.506 e. The molecule has 0 bridgehead atoms. The van der Waals surface area contributed by atoms with E-state index in [-0.39, 0.29) is 0 Å². The standard InChI is InChI=1S/C28H28O2Si/c1-21-5-13-25(14-6-21)29-31(27-17-9-23(3)10-18-27,28-19-11-24(4)12-20-28)30-26-15-7-22(2)8-16-26/h5-20H,1-4H3. The number of hydrogen-bond acceptors (Lipinski definition) is 2. The van der Waals surface area contributed by atoms with E-state index < -0.39 is 8.56 Å². The predicted molar refractivity (Wildman–Crippen MR) is 131 cm³/mol. The number of benzene rings is 4. The molecular weight excluding hydrogens is 396 g/mol. The quantitative estimate of drug-likeness (QED) is 0.373. The summed E-state index contributed by atoms with van der Waals surface area (Å²) in [4.78, 5) is 0. The van der Waals surface area contributed by atoms with Crippen LogP contribution in [0, 0.1) is 27.7 Å². The Balaban J connectivity index is 1.91. The molecule has 0 N–H and O–H groups in total. The van der Waals surface area contributed by atoms with Crippen molar-refractivity contribution in [2.45, 2.75) is 27.7 Å². The maximum Gasteiger partial charge on any atom is 0.531 e. The number of rotatable bonds is 6. The van der Waals surface area contributed by atoms with E-state index in [1.54, 1.807) is 0 Å². The molecule has 3 heteroatoms. The van der Waals surface area contributed by atoms with Gasteiger partial charge in [-0.3, -0.25) is 0 Å². The fraction of sp³-hybridized carbons (Fsp3) is 0.143. The van der Waals surface area contributed by atoms with E-state index in [4.69, 9.17) is 8.85 Å². The Morgan fingerprint density at radius 1 is 0.387 bits per heavy atom. The van der Waals surface area contributed by atoms with Crippen LogP contribution in [0.1, 0.15) is 22.3 Å². The predicted octanol–water partition coefficient (Wildman–Crippen LogP) is 5.63. The van der Waals surface area contributed by atoms with E-state index >= 15 is 0 Å². The van der Waals surface area contributed by atoms with Gasteiger partial charge in [-0.2, -0.15) is 0 Å². The molecular formula is C28H28O2Si. The third kappa shape index (κ3) is 4.73. The molecule has 0 heterocycles. The van der Waals surface area contributed by atoms with E-state index in [2.05, 4.69) is 100 Å². The van der Waals surface area contributed by atoms with Crippen LogP contribution >= 0.6 is 0 Å². The zero-order valence-electron chi connectivity index (χ0n) is 18.6. The highest BCUT2D eigenvalue weighted by Gasteiger charge is 2.47. The van der Waals surface area contributed by atoms with Crippen molar-refractivity contribution in [3.05, 3.63) is 119 Å². The number of aryl methyl sites for hydroxylation is 4. The summed E-state index contributed by atoms with van der Waals surface area (Å²) in [5, 5.41) is 2.14. The van der Waals surface area contributed by atoms with Gasteiger partial charge in [-0.15, -0.1) is 0 Å². The second-order valence-electron chi connectivity index (χ2n) is 8.18. The molecule has 0 saturated heterocycles. The summed E-state index contributed by atoms with van der Waals surface area (Å²) in [6, 6.07) is 33.5. The van der Waals surface area contributed by atoms with Gasteiger partial charge in [0.2, 0.25) is 0 Å². The zero-order chi connectivity index (χ0) is 21.8. The highest BCUT2D eigenvalue weighted by atomic mass is 28.4. The van der Waals surface area contributed by atoms with Crippen molar-refractivity contribution in [3.8, 4) is 11.5 Å². The molecule has 2 nitrogen and oxygen atoms in total. The minimum absolute atomic E-state index is 0.811. The minimum Gasteiger partial charge on any atom is -0.506 e. The van der Waals surface area contributed by atoms with Gasteiger partial charge < -0.3 is 8.85 Å². The van der Waals surface area contributed by atoms with Crippen LogP contribution in [0.5, 0.6) is 11.5 Å². The molecule has 0 aliphatic rings. The summed E-state index contributed by atoms with van der Waals surface area (Å²) in [5.74, 6) is 1.62. The van der Waals surface area contributed by atoms with Crippen molar-refractivity contribution in [2.24, 2.45) is 0 Å². The third-order valence-corrected chi connectivity index (χ3v) is 8.66. The van der Waals surface area contributed by atoms with Crippen molar-refractivity contribution in [2.75, 3.05) is 0 Å². The number of hydrogen-bond donors (Lipinski definition) is 0.